The summed E-state index contributed by atoms with van der Waals surface area (Å²) in [4.78, 5) is 21.4. The van der Waals surface area contributed by atoms with Crippen molar-refractivity contribution in [1.82, 2.24) is 0 Å². The van der Waals surface area contributed by atoms with Crippen molar-refractivity contribution in [3.8, 4) is 0 Å². The van der Waals surface area contributed by atoms with E-state index >= 15 is 0 Å². The molecule has 1 aliphatic rings. The summed E-state index contributed by atoms with van der Waals surface area (Å²) in [6, 6.07) is 0. The Morgan fingerprint density at radius 2 is 2.11 bits per heavy atom. The molecule has 0 aromatic rings. The number of carbonyl (C=O) groups is 2. The van der Waals surface area contributed by atoms with Gasteiger partial charge in [0.05, 0.1) is 6.42 Å². The quantitative estimate of drug-likeness (QED) is 0.453. The van der Waals surface area contributed by atoms with E-state index in [1.54, 1.807) is 0 Å². The Labute approximate surface area is 54.2 Å². The summed E-state index contributed by atoms with van der Waals surface area (Å²) >= 11 is 0. The molecule has 0 aliphatic heterocycles. The van der Waals surface area contributed by atoms with Crippen molar-refractivity contribution in [3.05, 3.63) is 0 Å². The van der Waals surface area contributed by atoms with Crippen molar-refractivity contribution in [2.75, 3.05) is 0 Å². The second kappa shape index (κ2) is 2.29. The number of Topliss-reactive ketones (excluding diaryl/α,β-unsaturated/α-hetero) is 2. The van der Waals surface area contributed by atoms with Crippen molar-refractivity contribution >= 4 is 11.6 Å². The van der Waals surface area contributed by atoms with Crippen molar-refractivity contribution < 1.29 is 9.59 Å². The third-order valence-corrected chi connectivity index (χ3v) is 1.78. The van der Waals surface area contributed by atoms with Crippen LogP contribution in [0.3, 0.4) is 0 Å². The van der Waals surface area contributed by atoms with Crippen LogP contribution < -0.4 is 0 Å². The Balaban J connectivity index is 2.54. The highest BCUT2D eigenvalue weighted by Crippen LogP contribution is 2.16. The third-order valence-electron chi connectivity index (χ3n) is 1.78. The first-order valence-electron chi connectivity index (χ1n) is 3.24. The number of hydrogen-bond donors (Lipinski definition) is 0. The molecule has 0 radical (unpaired) electrons. The van der Waals surface area contributed by atoms with Crippen LogP contribution in [-0.2, 0) is 9.59 Å². The molecule has 9 heavy (non-hydrogen) atoms. The van der Waals surface area contributed by atoms with Gasteiger partial charge in [-0.3, -0.25) is 9.59 Å². The maximum atomic E-state index is 10.8. The Hall–Kier alpha value is -0.660. The summed E-state index contributed by atoms with van der Waals surface area (Å²) in [5.74, 6) is 0.354. The Morgan fingerprint density at radius 3 is 2.56 bits per heavy atom. The van der Waals surface area contributed by atoms with Crippen LogP contribution in [0.2, 0.25) is 0 Å². The molecule has 1 atom stereocenters. The highest BCUT2D eigenvalue weighted by atomic mass is 16.1. The van der Waals surface area contributed by atoms with E-state index in [0.717, 1.165) is 6.42 Å². The van der Waals surface area contributed by atoms with Gasteiger partial charge in [0.15, 0.2) is 0 Å². The van der Waals surface area contributed by atoms with Crippen LogP contribution in [-0.4, -0.2) is 11.6 Å². The summed E-state index contributed by atoms with van der Waals surface area (Å²) in [6.45, 7) is 1.88. The molecule has 0 aromatic carbocycles. The van der Waals surface area contributed by atoms with Gasteiger partial charge in [-0.2, -0.15) is 0 Å². The molecule has 0 bridgehead atoms. The number of hydrogen-bond acceptors (Lipinski definition) is 2. The van der Waals surface area contributed by atoms with E-state index in [9.17, 15) is 9.59 Å². The van der Waals surface area contributed by atoms with E-state index in [1.807, 2.05) is 6.92 Å². The maximum absolute atomic E-state index is 10.8. The number of ketones is 2. The van der Waals surface area contributed by atoms with Crippen LogP contribution in [0.15, 0.2) is 0 Å². The van der Waals surface area contributed by atoms with Crippen LogP contribution in [0.4, 0.5) is 0 Å². The van der Waals surface area contributed by atoms with Crippen LogP contribution in [0, 0.1) is 5.92 Å². The van der Waals surface area contributed by atoms with E-state index in [4.69, 9.17) is 0 Å². The van der Waals surface area contributed by atoms with Gasteiger partial charge in [0, 0.05) is 12.3 Å². The predicted octanol–water partition coefficient (Wildman–Crippen LogP) is 0.945. The van der Waals surface area contributed by atoms with Gasteiger partial charge in [-0.1, -0.05) is 6.92 Å². The molecule has 2 heteroatoms. The van der Waals surface area contributed by atoms with E-state index < -0.39 is 0 Å². The van der Waals surface area contributed by atoms with Gasteiger partial charge in [0.25, 0.3) is 0 Å². The van der Waals surface area contributed by atoms with Crippen LogP contribution in [0.25, 0.3) is 0 Å². The van der Waals surface area contributed by atoms with Crippen molar-refractivity contribution in [2.45, 2.75) is 26.2 Å². The SMILES string of the molecule is C[C@H]1CCC(=O)CC1=O. The fourth-order valence-corrected chi connectivity index (χ4v) is 0.995. The zero-order valence-corrected chi connectivity index (χ0v) is 5.52. The van der Waals surface area contributed by atoms with Crippen LogP contribution >= 0.6 is 0 Å². The van der Waals surface area contributed by atoms with Gasteiger partial charge in [-0.05, 0) is 6.42 Å². The lowest BCUT2D eigenvalue weighted by atomic mass is 9.89. The van der Waals surface area contributed by atoms with Crippen LogP contribution in [0.1, 0.15) is 26.2 Å². The molecule has 0 unspecified atom stereocenters. The lowest BCUT2D eigenvalue weighted by molar-refractivity contribution is -0.132. The van der Waals surface area contributed by atoms with Gasteiger partial charge in [0.2, 0.25) is 0 Å². The topological polar surface area (TPSA) is 34.1 Å². The highest BCUT2D eigenvalue weighted by Gasteiger charge is 2.22. The monoisotopic (exact) mass is 126 g/mol. The second-order valence-corrected chi connectivity index (χ2v) is 2.62. The molecule has 2 nitrogen and oxygen atoms in total. The average Bonchev–Trinajstić information content (AvgIpc) is 1.80. The maximum Gasteiger partial charge on any atom is 0.143 e. The summed E-state index contributed by atoms with van der Waals surface area (Å²) in [5, 5.41) is 0. The normalized spacial score (nSPS) is 28.8. The first-order valence-corrected chi connectivity index (χ1v) is 3.24. The Kier molecular flexibility index (Phi) is 1.65. The average molecular weight is 126 g/mol. The second-order valence-electron chi connectivity index (χ2n) is 2.62. The molecule has 1 saturated carbocycles. The first kappa shape index (κ1) is 6.46. The molecule has 1 aliphatic carbocycles. The largest absolute Gasteiger partial charge is 0.299 e. The summed E-state index contributed by atoms with van der Waals surface area (Å²) in [6.07, 6.45) is 1.55. The molecular weight excluding hydrogens is 116 g/mol. The summed E-state index contributed by atoms with van der Waals surface area (Å²) in [5.41, 5.74) is 0. The minimum Gasteiger partial charge on any atom is -0.299 e. The van der Waals surface area contributed by atoms with E-state index in [0.29, 0.717) is 6.42 Å². The molecular formula is C7H10O2. The lowest BCUT2D eigenvalue weighted by Gasteiger charge is -2.13. The lowest BCUT2D eigenvalue weighted by Crippen LogP contribution is -2.22. The number of rotatable bonds is 0. The molecule has 1 rings (SSSR count). The summed E-state index contributed by atoms with van der Waals surface area (Å²) < 4.78 is 0. The molecule has 0 spiro atoms. The molecule has 0 amide bonds. The standard InChI is InChI=1S/C7H10O2/c1-5-2-3-6(8)4-7(5)9/h5H,2-4H2,1H3/t5-/m0/s1. The van der Waals surface area contributed by atoms with E-state index in [2.05, 4.69) is 0 Å². The molecule has 0 saturated heterocycles. The Morgan fingerprint density at radius 1 is 1.44 bits per heavy atom. The predicted molar refractivity (Wildman–Crippen MR) is 33.0 cm³/mol. The fraction of sp³-hybridized carbons (Fsp3) is 0.714. The molecule has 1 fully saturated rings. The third kappa shape index (κ3) is 1.37. The van der Waals surface area contributed by atoms with Crippen LogP contribution in [0.5, 0.6) is 0 Å². The van der Waals surface area contributed by atoms with Gasteiger partial charge in [-0.15, -0.1) is 0 Å². The van der Waals surface area contributed by atoms with Gasteiger partial charge < -0.3 is 0 Å². The first-order chi connectivity index (χ1) is 4.20. The smallest absolute Gasteiger partial charge is 0.143 e. The van der Waals surface area contributed by atoms with Gasteiger partial charge >= 0.3 is 0 Å². The van der Waals surface area contributed by atoms with Crippen molar-refractivity contribution in [1.29, 1.82) is 0 Å². The van der Waals surface area contributed by atoms with Gasteiger partial charge in [-0.25, -0.2) is 0 Å². The molecule has 0 N–H and O–H groups in total. The van der Waals surface area contributed by atoms with Gasteiger partial charge in [0.1, 0.15) is 11.6 Å². The van der Waals surface area contributed by atoms with Crippen molar-refractivity contribution in [2.24, 2.45) is 5.92 Å². The number of carbonyl (C=O) groups excluding carboxylic acids is 2. The minimum atomic E-state index is 0.109. The molecule has 0 heterocycles. The van der Waals surface area contributed by atoms with Crippen molar-refractivity contribution in [3.63, 3.8) is 0 Å². The Bertz CT molecular complexity index is 149. The molecule has 0 aromatic heterocycles. The minimum absolute atomic E-state index is 0.109. The fourth-order valence-electron chi connectivity index (χ4n) is 0.995. The zero-order valence-electron chi connectivity index (χ0n) is 5.52. The zero-order chi connectivity index (χ0) is 6.85. The highest BCUT2D eigenvalue weighted by molar-refractivity contribution is 6.02. The summed E-state index contributed by atoms with van der Waals surface area (Å²) in [7, 11) is 0. The van der Waals surface area contributed by atoms with E-state index in [1.165, 1.54) is 0 Å². The van der Waals surface area contributed by atoms with E-state index in [-0.39, 0.29) is 23.9 Å². The molecule has 50 valence electrons.